The van der Waals surface area contributed by atoms with E-state index < -0.39 is 5.97 Å². The van der Waals surface area contributed by atoms with Crippen LogP contribution in [-0.4, -0.2) is 43.2 Å². The number of nitrogens with zero attached hydrogens (tertiary/aromatic N) is 2. The van der Waals surface area contributed by atoms with Gasteiger partial charge in [0, 0.05) is 17.7 Å². The van der Waals surface area contributed by atoms with Crippen LogP contribution in [-0.2, 0) is 4.74 Å². The van der Waals surface area contributed by atoms with Gasteiger partial charge in [0.05, 0.1) is 38.1 Å². The summed E-state index contributed by atoms with van der Waals surface area (Å²) in [7, 11) is 4.38. The van der Waals surface area contributed by atoms with Gasteiger partial charge < -0.3 is 24.8 Å². The summed E-state index contributed by atoms with van der Waals surface area (Å²) >= 11 is 1.24. The van der Waals surface area contributed by atoms with Crippen molar-refractivity contribution in [2.24, 2.45) is 0 Å². The number of fused-ring (bicyclic) bond motifs is 1. The zero-order chi connectivity index (χ0) is 24.2. The van der Waals surface area contributed by atoms with Crippen LogP contribution in [0.4, 0.5) is 17.2 Å². The van der Waals surface area contributed by atoms with Gasteiger partial charge in [-0.25, -0.2) is 14.8 Å². The molecule has 1 amide bonds. The fraction of sp³-hybridized carbons (Fsp3) is 0.167. The Morgan fingerprint density at radius 1 is 0.941 bits per heavy atom. The van der Waals surface area contributed by atoms with Crippen LogP contribution in [0.1, 0.15) is 25.6 Å². The van der Waals surface area contributed by atoms with E-state index in [9.17, 15) is 9.59 Å². The van der Waals surface area contributed by atoms with Crippen molar-refractivity contribution in [3.05, 3.63) is 64.8 Å². The Hall–Kier alpha value is -4.18. The Bertz CT molecular complexity index is 1370. The second kappa shape index (κ2) is 9.75. The molecule has 2 aromatic carbocycles. The van der Waals surface area contributed by atoms with E-state index in [0.717, 1.165) is 0 Å². The molecular formula is C24H22N4O5S. The molecule has 34 heavy (non-hydrogen) atoms. The maximum absolute atomic E-state index is 12.6. The summed E-state index contributed by atoms with van der Waals surface area (Å²) in [6.07, 6.45) is 1.42. The van der Waals surface area contributed by atoms with Crippen molar-refractivity contribution in [1.29, 1.82) is 0 Å². The molecule has 2 heterocycles. The number of benzene rings is 2. The number of aryl methyl sites for hydroxylation is 1. The second-order valence-corrected chi connectivity index (χ2v) is 8.15. The number of thiophene rings is 1. The van der Waals surface area contributed by atoms with E-state index in [2.05, 4.69) is 20.6 Å². The number of esters is 1. The molecule has 0 saturated heterocycles. The van der Waals surface area contributed by atoms with Crippen LogP contribution in [0, 0.1) is 6.92 Å². The highest BCUT2D eigenvalue weighted by Gasteiger charge is 2.21. The summed E-state index contributed by atoms with van der Waals surface area (Å²) < 4.78 is 16.0. The van der Waals surface area contributed by atoms with Gasteiger partial charge in [0.25, 0.3) is 5.91 Å². The molecule has 2 aromatic heterocycles. The van der Waals surface area contributed by atoms with Crippen molar-refractivity contribution >= 4 is 50.6 Å². The predicted octanol–water partition coefficient (Wildman–Crippen LogP) is 4.80. The summed E-state index contributed by atoms with van der Waals surface area (Å²) in [5, 5.41) is 6.81. The van der Waals surface area contributed by atoms with Crippen LogP contribution in [0.25, 0.3) is 10.2 Å². The highest BCUT2D eigenvalue weighted by molar-refractivity contribution is 7.20. The van der Waals surface area contributed by atoms with Crippen LogP contribution in [0.5, 0.6) is 11.5 Å². The van der Waals surface area contributed by atoms with Gasteiger partial charge in [-0.15, -0.1) is 11.3 Å². The number of hydrogen-bond donors (Lipinski definition) is 2. The molecule has 2 N–H and O–H groups in total. The standard InChI is InChI=1S/C24H22N4O5S/c1-13-19-21(25-12-26-23(19)34-20(13)24(30)33-4)27-15-10-18(32-3)16(11-17(15)31-2)28-22(29)14-8-6-5-7-9-14/h5-12H,1-4H3,(H,28,29)(H,25,26,27). The van der Waals surface area contributed by atoms with E-state index in [1.807, 2.05) is 13.0 Å². The summed E-state index contributed by atoms with van der Waals surface area (Å²) in [4.78, 5) is 34.5. The molecule has 0 aliphatic heterocycles. The molecule has 0 bridgehead atoms. The highest BCUT2D eigenvalue weighted by atomic mass is 32.1. The van der Waals surface area contributed by atoms with E-state index in [-0.39, 0.29) is 5.91 Å². The van der Waals surface area contributed by atoms with Crippen molar-refractivity contribution in [1.82, 2.24) is 9.97 Å². The lowest BCUT2D eigenvalue weighted by molar-refractivity contribution is 0.0605. The van der Waals surface area contributed by atoms with Crippen molar-refractivity contribution < 1.29 is 23.8 Å². The van der Waals surface area contributed by atoms with E-state index >= 15 is 0 Å². The second-order valence-electron chi connectivity index (χ2n) is 7.15. The molecule has 174 valence electrons. The number of anilines is 3. The predicted molar refractivity (Wildman–Crippen MR) is 131 cm³/mol. The third-order valence-corrected chi connectivity index (χ3v) is 6.34. The summed E-state index contributed by atoms with van der Waals surface area (Å²) in [5.74, 6) is 0.676. The minimum absolute atomic E-state index is 0.275. The monoisotopic (exact) mass is 478 g/mol. The smallest absolute Gasteiger partial charge is 0.348 e. The third-order valence-electron chi connectivity index (χ3n) is 5.16. The van der Waals surface area contributed by atoms with Gasteiger partial charge in [0.15, 0.2) is 0 Å². The van der Waals surface area contributed by atoms with Crippen LogP contribution < -0.4 is 20.1 Å². The molecule has 0 spiro atoms. The quantitative estimate of drug-likeness (QED) is 0.364. The minimum Gasteiger partial charge on any atom is -0.494 e. The Balaban J connectivity index is 1.72. The first-order valence-corrected chi connectivity index (χ1v) is 11.0. The molecule has 0 unspecified atom stereocenters. The molecule has 0 aliphatic carbocycles. The molecule has 0 atom stereocenters. The minimum atomic E-state index is -0.427. The van der Waals surface area contributed by atoms with Gasteiger partial charge in [-0.2, -0.15) is 0 Å². The van der Waals surface area contributed by atoms with E-state index in [1.54, 1.807) is 36.4 Å². The Morgan fingerprint density at radius 3 is 2.29 bits per heavy atom. The van der Waals surface area contributed by atoms with Crippen molar-refractivity contribution in [2.45, 2.75) is 6.92 Å². The summed E-state index contributed by atoms with van der Waals surface area (Å²) in [6, 6.07) is 12.2. The lowest BCUT2D eigenvalue weighted by Gasteiger charge is -2.17. The van der Waals surface area contributed by atoms with Crippen LogP contribution in [0.3, 0.4) is 0 Å². The van der Waals surface area contributed by atoms with E-state index in [4.69, 9.17) is 14.2 Å². The molecule has 0 saturated carbocycles. The largest absolute Gasteiger partial charge is 0.494 e. The number of nitrogens with one attached hydrogen (secondary N) is 2. The fourth-order valence-electron chi connectivity index (χ4n) is 3.46. The molecule has 0 fully saturated rings. The number of ether oxygens (including phenoxy) is 3. The summed E-state index contributed by atoms with van der Waals surface area (Å²) in [5.41, 5.74) is 2.24. The first-order chi connectivity index (χ1) is 16.5. The Labute approximate surface area is 199 Å². The number of methoxy groups -OCH3 is 3. The van der Waals surface area contributed by atoms with Crippen LogP contribution >= 0.6 is 11.3 Å². The average molecular weight is 479 g/mol. The normalized spacial score (nSPS) is 10.6. The average Bonchev–Trinajstić information content (AvgIpc) is 3.21. The van der Waals surface area contributed by atoms with Gasteiger partial charge in [0.2, 0.25) is 0 Å². The highest BCUT2D eigenvalue weighted by Crippen LogP contribution is 2.40. The molecular weight excluding hydrogens is 456 g/mol. The zero-order valence-corrected chi connectivity index (χ0v) is 19.8. The topological polar surface area (TPSA) is 112 Å². The Morgan fingerprint density at radius 2 is 1.62 bits per heavy atom. The van der Waals surface area contributed by atoms with E-state index in [1.165, 1.54) is 39.0 Å². The third kappa shape index (κ3) is 4.35. The maximum Gasteiger partial charge on any atom is 0.348 e. The zero-order valence-electron chi connectivity index (χ0n) is 19.0. The van der Waals surface area contributed by atoms with Gasteiger partial charge in [-0.1, -0.05) is 18.2 Å². The molecule has 4 aromatic rings. The maximum atomic E-state index is 12.6. The van der Waals surface area contributed by atoms with Gasteiger partial charge in [-0.05, 0) is 24.6 Å². The molecule has 0 aliphatic rings. The Kier molecular flexibility index (Phi) is 6.60. The molecule has 9 nitrogen and oxygen atoms in total. The first kappa shape index (κ1) is 23.0. The molecule has 0 radical (unpaired) electrons. The van der Waals surface area contributed by atoms with Crippen molar-refractivity contribution in [3.63, 3.8) is 0 Å². The van der Waals surface area contributed by atoms with Crippen molar-refractivity contribution in [3.8, 4) is 11.5 Å². The SMILES string of the molecule is COC(=O)c1sc2ncnc(Nc3cc(OC)c(NC(=O)c4ccccc4)cc3OC)c2c1C. The number of rotatable bonds is 7. The lowest BCUT2D eigenvalue weighted by Crippen LogP contribution is -2.13. The molecule has 4 rings (SSSR count). The van der Waals surface area contributed by atoms with Crippen molar-refractivity contribution in [2.75, 3.05) is 32.0 Å². The number of carbonyl (C=O) groups is 2. The van der Waals surface area contributed by atoms with E-state index in [0.29, 0.717) is 54.9 Å². The van der Waals surface area contributed by atoms with Gasteiger partial charge in [-0.3, -0.25) is 4.79 Å². The fourth-order valence-corrected chi connectivity index (χ4v) is 4.53. The number of carbonyl (C=O) groups excluding carboxylic acids is 2. The summed E-state index contributed by atoms with van der Waals surface area (Å²) in [6.45, 7) is 1.82. The van der Waals surface area contributed by atoms with Gasteiger partial charge in [0.1, 0.15) is 33.4 Å². The number of aromatic nitrogens is 2. The number of amides is 1. The van der Waals surface area contributed by atoms with Crippen LogP contribution in [0.15, 0.2) is 48.8 Å². The van der Waals surface area contributed by atoms with Gasteiger partial charge >= 0.3 is 5.97 Å². The number of hydrogen-bond acceptors (Lipinski definition) is 9. The van der Waals surface area contributed by atoms with Crippen LogP contribution in [0.2, 0.25) is 0 Å². The lowest BCUT2D eigenvalue weighted by atomic mass is 10.1. The molecule has 10 heteroatoms. The first-order valence-electron chi connectivity index (χ1n) is 10.2.